The van der Waals surface area contributed by atoms with E-state index < -0.39 is 10.2 Å². The monoisotopic (exact) mass is 323 g/mol. The molecule has 1 aliphatic rings. The van der Waals surface area contributed by atoms with Gasteiger partial charge < -0.3 is 15.2 Å². The quantitative estimate of drug-likeness (QED) is 0.640. The highest BCUT2D eigenvalue weighted by atomic mass is 32.2. The molecule has 1 saturated heterocycles. The van der Waals surface area contributed by atoms with Crippen molar-refractivity contribution in [2.45, 2.75) is 25.8 Å². The first kappa shape index (κ1) is 18.8. The molecule has 21 heavy (non-hydrogen) atoms. The molecular formula is C13H29N3O4S. The Morgan fingerprint density at radius 3 is 2.05 bits per heavy atom. The zero-order valence-corrected chi connectivity index (χ0v) is 14.1. The Bertz CT molecular complexity index is 373. The molecule has 0 saturated carbocycles. The van der Waals surface area contributed by atoms with E-state index in [0.29, 0.717) is 45.3 Å². The summed E-state index contributed by atoms with van der Waals surface area (Å²) in [6.45, 7) is 4.48. The van der Waals surface area contributed by atoms with Crippen LogP contribution in [0.1, 0.15) is 19.8 Å². The Morgan fingerprint density at radius 2 is 1.67 bits per heavy atom. The van der Waals surface area contributed by atoms with Crippen molar-refractivity contribution in [2.75, 3.05) is 53.6 Å². The Kier molecular flexibility index (Phi) is 8.07. The van der Waals surface area contributed by atoms with Crippen LogP contribution in [-0.2, 0) is 19.7 Å². The lowest BCUT2D eigenvalue weighted by atomic mass is 9.92. The summed E-state index contributed by atoms with van der Waals surface area (Å²) in [7, 11) is -0.322. The fourth-order valence-electron chi connectivity index (χ4n) is 2.52. The van der Waals surface area contributed by atoms with E-state index >= 15 is 0 Å². The van der Waals surface area contributed by atoms with Crippen LogP contribution >= 0.6 is 0 Å². The average molecular weight is 323 g/mol. The molecule has 7 nitrogen and oxygen atoms in total. The molecule has 1 unspecified atom stereocenters. The van der Waals surface area contributed by atoms with Gasteiger partial charge in [0.2, 0.25) is 0 Å². The summed E-state index contributed by atoms with van der Waals surface area (Å²) in [6.07, 6.45) is 1.64. The third kappa shape index (κ3) is 5.46. The molecule has 0 aromatic heterocycles. The lowest BCUT2D eigenvalue weighted by Crippen LogP contribution is -2.50. The first-order valence-corrected chi connectivity index (χ1v) is 8.81. The normalized spacial score (nSPS) is 20.0. The number of methoxy groups -OCH3 is 2. The molecule has 126 valence electrons. The van der Waals surface area contributed by atoms with E-state index in [-0.39, 0.29) is 6.04 Å². The Balaban J connectivity index is 2.67. The maximum atomic E-state index is 12.7. The summed E-state index contributed by atoms with van der Waals surface area (Å²) in [5.74, 6) is 0.405. The molecule has 0 aromatic rings. The molecule has 0 amide bonds. The third-order valence-electron chi connectivity index (χ3n) is 3.98. The smallest absolute Gasteiger partial charge is 0.282 e. The lowest BCUT2D eigenvalue weighted by Gasteiger charge is -2.36. The topological polar surface area (TPSA) is 85.1 Å². The standard InChI is InChI=1S/C13H29N3O4S/c1-12(14)13-4-6-15(7-5-13)21(17,18)16(8-10-19-2)9-11-20-3/h12-13H,4-11,14H2,1-3H3. The Labute approximate surface area is 128 Å². The van der Waals surface area contributed by atoms with Gasteiger partial charge in [0.15, 0.2) is 0 Å². The number of piperidine rings is 1. The van der Waals surface area contributed by atoms with Crippen molar-refractivity contribution >= 4 is 10.2 Å². The molecule has 0 radical (unpaired) electrons. The highest BCUT2D eigenvalue weighted by Crippen LogP contribution is 2.23. The minimum Gasteiger partial charge on any atom is -0.383 e. The summed E-state index contributed by atoms with van der Waals surface area (Å²) in [4.78, 5) is 0. The number of rotatable bonds is 9. The second-order valence-electron chi connectivity index (χ2n) is 5.49. The lowest BCUT2D eigenvalue weighted by molar-refractivity contribution is 0.144. The van der Waals surface area contributed by atoms with Crippen molar-refractivity contribution in [3.63, 3.8) is 0 Å². The summed E-state index contributed by atoms with van der Waals surface area (Å²) in [6, 6.07) is 0.118. The van der Waals surface area contributed by atoms with E-state index in [9.17, 15) is 8.42 Å². The minimum absolute atomic E-state index is 0.118. The highest BCUT2D eigenvalue weighted by molar-refractivity contribution is 7.86. The van der Waals surface area contributed by atoms with E-state index in [1.807, 2.05) is 6.92 Å². The first-order valence-electron chi connectivity index (χ1n) is 7.42. The number of nitrogens with two attached hydrogens (primary N) is 1. The fourth-order valence-corrected chi connectivity index (χ4v) is 4.13. The van der Waals surface area contributed by atoms with E-state index in [2.05, 4.69) is 0 Å². The molecule has 0 bridgehead atoms. The molecule has 0 spiro atoms. The van der Waals surface area contributed by atoms with Crippen molar-refractivity contribution in [1.29, 1.82) is 0 Å². The first-order chi connectivity index (χ1) is 9.93. The van der Waals surface area contributed by atoms with Gasteiger partial charge in [0.1, 0.15) is 0 Å². The van der Waals surface area contributed by atoms with Gasteiger partial charge in [-0.15, -0.1) is 0 Å². The van der Waals surface area contributed by atoms with Crippen LogP contribution < -0.4 is 5.73 Å². The van der Waals surface area contributed by atoms with Gasteiger partial charge in [-0.25, -0.2) is 0 Å². The SMILES string of the molecule is COCCN(CCOC)S(=O)(=O)N1CCC(C(C)N)CC1. The second kappa shape index (κ2) is 9.02. The second-order valence-corrected chi connectivity index (χ2v) is 7.42. The highest BCUT2D eigenvalue weighted by Gasteiger charge is 2.33. The average Bonchev–Trinajstić information content (AvgIpc) is 2.47. The van der Waals surface area contributed by atoms with Crippen molar-refractivity contribution in [2.24, 2.45) is 11.7 Å². The number of hydrogen-bond acceptors (Lipinski definition) is 5. The Morgan fingerprint density at radius 1 is 1.19 bits per heavy atom. The summed E-state index contributed by atoms with van der Waals surface area (Å²) >= 11 is 0. The van der Waals surface area contributed by atoms with Crippen molar-refractivity contribution in [1.82, 2.24) is 8.61 Å². The van der Waals surface area contributed by atoms with E-state index in [1.54, 1.807) is 18.5 Å². The van der Waals surface area contributed by atoms with Crippen LogP contribution in [0, 0.1) is 5.92 Å². The van der Waals surface area contributed by atoms with Crippen LogP contribution in [0.5, 0.6) is 0 Å². The van der Waals surface area contributed by atoms with Crippen LogP contribution in [0.2, 0.25) is 0 Å². The summed E-state index contributed by atoms with van der Waals surface area (Å²) < 4.78 is 38.4. The summed E-state index contributed by atoms with van der Waals surface area (Å²) in [5.41, 5.74) is 5.90. The van der Waals surface area contributed by atoms with Crippen LogP contribution in [0.3, 0.4) is 0 Å². The minimum atomic E-state index is -3.45. The molecule has 1 fully saturated rings. The number of nitrogens with zero attached hydrogens (tertiary/aromatic N) is 2. The molecular weight excluding hydrogens is 294 g/mol. The van der Waals surface area contributed by atoms with Gasteiger partial charge in [0, 0.05) is 46.4 Å². The van der Waals surface area contributed by atoms with E-state index in [1.165, 1.54) is 4.31 Å². The summed E-state index contributed by atoms with van der Waals surface area (Å²) in [5, 5.41) is 0. The predicted octanol–water partition coefficient (Wildman–Crippen LogP) is -0.115. The van der Waals surface area contributed by atoms with E-state index in [0.717, 1.165) is 12.8 Å². The van der Waals surface area contributed by atoms with Crippen molar-refractivity contribution in [3.05, 3.63) is 0 Å². The van der Waals surface area contributed by atoms with Crippen LogP contribution in [-0.4, -0.2) is 76.7 Å². The maximum Gasteiger partial charge on any atom is 0.282 e. The van der Waals surface area contributed by atoms with Gasteiger partial charge in [-0.3, -0.25) is 0 Å². The zero-order chi connectivity index (χ0) is 15.9. The van der Waals surface area contributed by atoms with Crippen LogP contribution in [0.15, 0.2) is 0 Å². The van der Waals surface area contributed by atoms with E-state index in [4.69, 9.17) is 15.2 Å². The third-order valence-corrected chi connectivity index (χ3v) is 6.02. The molecule has 1 atom stereocenters. The van der Waals surface area contributed by atoms with Gasteiger partial charge in [-0.05, 0) is 25.7 Å². The van der Waals surface area contributed by atoms with Crippen LogP contribution in [0.4, 0.5) is 0 Å². The molecule has 8 heteroatoms. The number of ether oxygens (including phenoxy) is 2. The molecule has 1 heterocycles. The van der Waals surface area contributed by atoms with Crippen LogP contribution in [0.25, 0.3) is 0 Å². The van der Waals surface area contributed by atoms with Gasteiger partial charge in [0.25, 0.3) is 10.2 Å². The molecule has 0 aliphatic carbocycles. The van der Waals surface area contributed by atoms with Gasteiger partial charge in [-0.1, -0.05) is 0 Å². The Hall–Kier alpha value is -0.250. The molecule has 1 rings (SSSR count). The molecule has 1 aliphatic heterocycles. The van der Waals surface area contributed by atoms with Gasteiger partial charge >= 0.3 is 0 Å². The largest absolute Gasteiger partial charge is 0.383 e. The van der Waals surface area contributed by atoms with Gasteiger partial charge in [0.05, 0.1) is 13.2 Å². The number of hydrogen-bond donors (Lipinski definition) is 1. The predicted molar refractivity (Wildman–Crippen MR) is 82.2 cm³/mol. The van der Waals surface area contributed by atoms with Crippen molar-refractivity contribution < 1.29 is 17.9 Å². The molecule has 0 aromatic carbocycles. The fraction of sp³-hybridized carbons (Fsp3) is 1.00. The van der Waals surface area contributed by atoms with Crippen molar-refractivity contribution in [3.8, 4) is 0 Å². The maximum absolute atomic E-state index is 12.7. The molecule has 2 N–H and O–H groups in total. The zero-order valence-electron chi connectivity index (χ0n) is 13.3. The van der Waals surface area contributed by atoms with Gasteiger partial charge in [-0.2, -0.15) is 17.0 Å².